The van der Waals surface area contributed by atoms with E-state index in [1.54, 1.807) is 0 Å². The zero-order chi connectivity index (χ0) is 17.7. The molecule has 1 aromatic carbocycles. The van der Waals surface area contributed by atoms with Gasteiger partial charge in [-0.15, -0.1) is 5.10 Å². The van der Waals surface area contributed by atoms with Gasteiger partial charge in [-0.05, 0) is 24.0 Å². The number of fused-ring (bicyclic) bond motifs is 1. The highest BCUT2D eigenvalue weighted by Crippen LogP contribution is 2.43. The zero-order valence-electron chi connectivity index (χ0n) is 14.9. The van der Waals surface area contributed by atoms with Crippen LogP contribution in [0.3, 0.4) is 0 Å². The maximum Gasteiger partial charge on any atom is 0.265 e. The van der Waals surface area contributed by atoms with Gasteiger partial charge in [0.1, 0.15) is 4.88 Å². The van der Waals surface area contributed by atoms with Crippen LogP contribution in [0.4, 0.5) is 0 Å². The minimum Gasteiger partial charge on any atom is -0.347 e. The topological polar surface area (TPSA) is 61.4 Å². The Morgan fingerprint density at radius 2 is 1.88 bits per heavy atom. The number of carbonyl (C=O) groups excluding carboxylic acids is 1. The van der Waals surface area contributed by atoms with Crippen LogP contribution in [0, 0.1) is 12.8 Å². The number of aromatic nitrogens is 2. The van der Waals surface area contributed by atoms with Gasteiger partial charge in [-0.2, -0.15) is 0 Å². The third-order valence-electron chi connectivity index (χ3n) is 6.29. The summed E-state index contributed by atoms with van der Waals surface area (Å²) in [6.07, 6.45) is 0. The quantitative estimate of drug-likeness (QED) is 0.879. The molecule has 6 rings (SSSR count). The second-order valence-corrected chi connectivity index (χ2v) is 8.65. The third-order valence-corrected chi connectivity index (χ3v) is 7.12. The van der Waals surface area contributed by atoms with Crippen LogP contribution in [0.2, 0.25) is 0 Å². The highest BCUT2D eigenvalue weighted by molar-refractivity contribution is 7.08. The second-order valence-electron chi connectivity index (χ2n) is 7.89. The van der Waals surface area contributed by atoms with Crippen molar-refractivity contribution in [2.24, 2.45) is 5.92 Å². The maximum atomic E-state index is 13.0. The number of piperidine rings is 2. The lowest BCUT2D eigenvalue weighted by Crippen LogP contribution is -2.70. The van der Waals surface area contributed by atoms with Crippen LogP contribution in [0.25, 0.3) is 0 Å². The van der Waals surface area contributed by atoms with Crippen molar-refractivity contribution in [2.75, 3.05) is 39.3 Å². The van der Waals surface area contributed by atoms with E-state index in [4.69, 9.17) is 0 Å². The number of nitrogens with zero attached hydrogens (tertiary/aromatic N) is 4. The maximum absolute atomic E-state index is 13.0. The summed E-state index contributed by atoms with van der Waals surface area (Å²) >= 11 is 1.19. The molecule has 0 saturated carbocycles. The summed E-state index contributed by atoms with van der Waals surface area (Å²) in [6.45, 7) is 8.26. The molecule has 1 amide bonds. The van der Waals surface area contributed by atoms with Crippen molar-refractivity contribution in [3.63, 3.8) is 0 Å². The van der Waals surface area contributed by atoms with Crippen LogP contribution in [0.1, 0.15) is 20.9 Å². The van der Waals surface area contributed by atoms with Crippen molar-refractivity contribution in [1.82, 2.24) is 24.7 Å². The van der Waals surface area contributed by atoms with Crippen LogP contribution >= 0.6 is 11.5 Å². The van der Waals surface area contributed by atoms with Gasteiger partial charge in [0.15, 0.2) is 0 Å². The molecule has 5 heterocycles. The lowest BCUT2D eigenvalue weighted by molar-refractivity contribution is 0.0181. The fourth-order valence-electron chi connectivity index (χ4n) is 5.22. The van der Waals surface area contributed by atoms with Crippen molar-refractivity contribution in [3.05, 3.63) is 46.5 Å². The van der Waals surface area contributed by atoms with E-state index in [1.807, 2.05) is 6.92 Å². The molecule has 3 atom stereocenters. The molecule has 0 aliphatic carbocycles. The minimum absolute atomic E-state index is 0.0195. The lowest BCUT2D eigenvalue weighted by atomic mass is 9.64. The first-order valence-electron chi connectivity index (χ1n) is 9.26. The summed E-state index contributed by atoms with van der Waals surface area (Å²) in [6, 6.07) is 10.9. The van der Waals surface area contributed by atoms with Gasteiger partial charge in [0.25, 0.3) is 5.91 Å². The fraction of sp³-hybridized carbons (Fsp3) is 0.526. The highest BCUT2D eigenvalue weighted by Gasteiger charge is 2.55. The number of amides is 1. The predicted octanol–water partition coefficient (Wildman–Crippen LogP) is 1.14. The third kappa shape index (κ3) is 2.49. The number of nitrogens with one attached hydrogen (secondary N) is 1. The van der Waals surface area contributed by atoms with Crippen LogP contribution < -0.4 is 5.32 Å². The summed E-state index contributed by atoms with van der Waals surface area (Å²) in [5.41, 5.74) is 2.00. The first-order valence-corrected chi connectivity index (χ1v) is 10.0. The molecule has 2 unspecified atom stereocenters. The van der Waals surface area contributed by atoms with E-state index in [-0.39, 0.29) is 17.4 Å². The smallest absolute Gasteiger partial charge is 0.265 e. The first-order chi connectivity index (χ1) is 12.7. The van der Waals surface area contributed by atoms with Crippen LogP contribution in [-0.2, 0) is 5.41 Å². The summed E-state index contributed by atoms with van der Waals surface area (Å²) < 4.78 is 3.93. The molecule has 4 saturated heterocycles. The Kier molecular flexibility index (Phi) is 3.84. The second kappa shape index (κ2) is 6.11. The molecule has 4 aliphatic rings. The fourth-order valence-corrected chi connectivity index (χ4v) is 5.77. The van der Waals surface area contributed by atoms with Gasteiger partial charge in [0, 0.05) is 56.6 Å². The number of carbonyl (C=O) groups is 1. The van der Waals surface area contributed by atoms with Crippen LogP contribution in [0.5, 0.6) is 0 Å². The molecule has 6 nitrogen and oxygen atoms in total. The Bertz CT molecular complexity index is 806. The Morgan fingerprint density at radius 1 is 1.19 bits per heavy atom. The summed E-state index contributed by atoms with van der Waals surface area (Å²) in [5.74, 6) is 0.430. The van der Waals surface area contributed by atoms with E-state index >= 15 is 0 Å². The highest BCUT2D eigenvalue weighted by atomic mass is 32.1. The van der Waals surface area contributed by atoms with Gasteiger partial charge in [-0.1, -0.05) is 34.8 Å². The van der Waals surface area contributed by atoms with E-state index in [1.165, 1.54) is 17.1 Å². The largest absolute Gasteiger partial charge is 0.347 e. The number of aryl methyl sites for hydroxylation is 1. The molecular formula is C19H23N5OS. The van der Waals surface area contributed by atoms with Crippen molar-refractivity contribution in [3.8, 4) is 0 Å². The molecule has 4 bridgehead atoms. The molecule has 0 radical (unpaired) electrons. The molecule has 2 aromatic rings. The molecule has 0 spiro atoms. The molecule has 4 fully saturated rings. The van der Waals surface area contributed by atoms with Crippen molar-refractivity contribution in [2.45, 2.75) is 18.4 Å². The predicted molar refractivity (Wildman–Crippen MR) is 100 cm³/mol. The Labute approximate surface area is 157 Å². The van der Waals surface area contributed by atoms with Gasteiger partial charge < -0.3 is 15.1 Å². The Balaban J connectivity index is 1.54. The van der Waals surface area contributed by atoms with E-state index in [0.717, 1.165) is 45.0 Å². The standard InChI is InChI=1S/C19H23N5OS/c1-13-16(26-22-21-13)18(25)20-17-14-9-23-7-8-24(10-14)12-19(17,11-23)15-5-3-2-4-6-15/h2-6,14,17H,7-12H2,1H3,(H,20,25)/t14?,17-,19?/m0/s1. The summed E-state index contributed by atoms with van der Waals surface area (Å²) in [4.78, 5) is 18.8. The molecule has 4 aliphatic heterocycles. The van der Waals surface area contributed by atoms with Gasteiger partial charge in [-0.3, -0.25) is 4.79 Å². The lowest BCUT2D eigenvalue weighted by Gasteiger charge is -2.55. The van der Waals surface area contributed by atoms with Gasteiger partial charge in [0.05, 0.1) is 5.69 Å². The molecular weight excluding hydrogens is 346 g/mol. The molecule has 26 heavy (non-hydrogen) atoms. The van der Waals surface area contributed by atoms with Crippen molar-refractivity contribution < 1.29 is 4.79 Å². The van der Waals surface area contributed by atoms with Crippen molar-refractivity contribution >= 4 is 17.4 Å². The van der Waals surface area contributed by atoms with Gasteiger partial charge in [-0.25, -0.2) is 0 Å². The monoisotopic (exact) mass is 369 g/mol. The van der Waals surface area contributed by atoms with E-state index in [2.05, 4.69) is 55.0 Å². The zero-order valence-corrected chi connectivity index (χ0v) is 15.7. The number of rotatable bonds is 3. The Morgan fingerprint density at radius 3 is 2.50 bits per heavy atom. The van der Waals surface area contributed by atoms with Crippen molar-refractivity contribution in [1.29, 1.82) is 0 Å². The summed E-state index contributed by atoms with van der Waals surface area (Å²) in [5, 5.41) is 7.41. The van der Waals surface area contributed by atoms with Crippen LogP contribution in [0.15, 0.2) is 30.3 Å². The van der Waals surface area contributed by atoms with Crippen LogP contribution in [-0.4, -0.2) is 70.6 Å². The van der Waals surface area contributed by atoms with E-state index < -0.39 is 0 Å². The minimum atomic E-state index is -0.0550. The average molecular weight is 369 g/mol. The number of hydrogen-bond acceptors (Lipinski definition) is 6. The van der Waals surface area contributed by atoms with Gasteiger partial charge >= 0.3 is 0 Å². The van der Waals surface area contributed by atoms with Gasteiger partial charge in [0.2, 0.25) is 0 Å². The number of benzene rings is 1. The normalized spacial score (nSPS) is 35.3. The van der Waals surface area contributed by atoms with E-state index in [9.17, 15) is 4.79 Å². The average Bonchev–Trinajstić information content (AvgIpc) is 2.92. The number of hydrogen-bond donors (Lipinski definition) is 1. The Hall–Kier alpha value is -1.83. The first kappa shape index (κ1) is 16.4. The molecule has 136 valence electrons. The summed E-state index contributed by atoms with van der Waals surface area (Å²) in [7, 11) is 0. The molecule has 7 heteroatoms. The molecule has 1 aromatic heterocycles. The SMILES string of the molecule is Cc1nnsc1C(=O)N[C@H]1C2CN3CCN(C2)CC1(c1ccccc1)C3. The van der Waals surface area contributed by atoms with E-state index in [0.29, 0.717) is 10.8 Å². The molecule has 1 N–H and O–H groups in total.